The van der Waals surface area contributed by atoms with Gasteiger partial charge >= 0.3 is 0 Å². The van der Waals surface area contributed by atoms with Gasteiger partial charge in [0.1, 0.15) is 0 Å². The van der Waals surface area contributed by atoms with Crippen LogP contribution in [0.25, 0.3) is 0 Å². The fourth-order valence-corrected chi connectivity index (χ4v) is 2.60. The van der Waals surface area contributed by atoms with Gasteiger partial charge in [0.15, 0.2) is 11.5 Å². The molecule has 130 valence electrons. The number of nitrogens with one attached hydrogen (secondary N) is 2. The van der Waals surface area contributed by atoms with E-state index in [-0.39, 0.29) is 18.3 Å². The van der Waals surface area contributed by atoms with Gasteiger partial charge in [-0.15, -0.1) is 12.4 Å². The second kappa shape index (κ2) is 10.3. The summed E-state index contributed by atoms with van der Waals surface area (Å²) in [6, 6.07) is 5.31. The van der Waals surface area contributed by atoms with Gasteiger partial charge in [0.25, 0.3) is 5.91 Å². The van der Waals surface area contributed by atoms with Crippen LogP contribution in [0.3, 0.4) is 0 Å². The second-order valence-corrected chi connectivity index (χ2v) is 5.24. The smallest absolute Gasteiger partial charge is 0.255 e. The van der Waals surface area contributed by atoms with Crippen molar-refractivity contribution in [2.45, 2.75) is 6.42 Å². The number of nitrogens with zero attached hydrogens (tertiary/aromatic N) is 1. The second-order valence-electron chi connectivity index (χ2n) is 5.24. The van der Waals surface area contributed by atoms with Gasteiger partial charge in [-0.2, -0.15) is 0 Å². The number of piperazine rings is 1. The van der Waals surface area contributed by atoms with Gasteiger partial charge in [0, 0.05) is 32.7 Å². The van der Waals surface area contributed by atoms with Crippen LogP contribution in [-0.2, 0) is 0 Å². The Kier molecular flexibility index (Phi) is 8.76. The topological polar surface area (TPSA) is 62.8 Å². The van der Waals surface area contributed by atoms with E-state index in [1.54, 1.807) is 32.4 Å². The summed E-state index contributed by atoms with van der Waals surface area (Å²) in [7, 11) is 3.10. The van der Waals surface area contributed by atoms with Crippen molar-refractivity contribution in [3.63, 3.8) is 0 Å². The van der Waals surface area contributed by atoms with Crippen LogP contribution in [0.2, 0.25) is 0 Å². The number of amides is 1. The van der Waals surface area contributed by atoms with Crippen LogP contribution in [0.15, 0.2) is 18.2 Å². The lowest BCUT2D eigenvalue weighted by atomic mass is 10.1. The molecule has 7 heteroatoms. The van der Waals surface area contributed by atoms with E-state index in [1.807, 2.05) is 0 Å². The van der Waals surface area contributed by atoms with Crippen molar-refractivity contribution in [2.24, 2.45) is 0 Å². The van der Waals surface area contributed by atoms with Crippen molar-refractivity contribution in [3.05, 3.63) is 23.8 Å². The van der Waals surface area contributed by atoms with Gasteiger partial charge in [-0.3, -0.25) is 4.79 Å². The predicted octanol–water partition coefficient (Wildman–Crippen LogP) is 1.15. The number of methoxy groups -OCH3 is 2. The summed E-state index contributed by atoms with van der Waals surface area (Å²) in [4.78, 5) is 14.7. The van der Waals surface area contributed by atoms with E-state index in [2.05, 4.69) is 15.5 Å². The molecule has 1 aliphatic rings. The monoisotopic (exact) mass is 343 g/mol. The molecule has 0 spiro atoms. The maximum Gasteiger partial charge on any atom is 0.255 e. The molecule has 6 nitrogen and oxygen atoms in total. The summed E-state index contributed by atoms with van der Waals surface area (Å²) in [6.07, 6.45) is 0.942. The lowest BCUT2D eigenvalue weighted by Crippen LogP contribution is -2.44. The largest absolute Gasteiger partial charge is 0.493 e. The Bertz CT molecular complexity index is 493. The molecule has 2 rings (SSSR count). The van der Waals surface area contributed by atoms with Crippen molar-refractivity contribution in [3.8, 4) is 11.5 Å². The number of para-hydroxylation sites is 1. The molecule has 0 bridgehead atoms. The summed E-state index contributed by atoms with van der Waals surface area (Å²) in [5, 5.41) is 6.28. The molecule has 0 aromatic heterocycles. The minimum Gasteiger partial charge on any atom is -0.493 e. The Morgan fingerprint density at radius 1 is 1.26 bits per heavy atom. The van der Waals surface area contributed by atoms with Crippen LogP contribution >= 0.6 is 12.4 Å². The molecule has 23 heavy (non-hydrogen) atoms. The molecule has 0 unspecified atom stereocenters. The minimum atomic E-state index is -0.129. The summed E-state index contributed by atoms with van der Waals surface area (Å²) in [5.74, 6) is 0.914. The summed E-state index contributed by atoms with van der Waals surface area (Å²) < 4.78 is 10.5. The molecule has 1 aromatic carbocycles. The summed E-state index contributed by atoms with van der Waals surface area (Å²) in [6.45, 7) is 5.93. The zero-order chi connectivity index (χ0) is 15.8. The zero-order valence-electron chi connectivity index (χ0n) is 13.8. The van der Waals surface area contributed by atoms with E-state index in [0.717, 1.165) is 39.1 Å². The van der Waals surface area contributed by atoms with Gasteiger partial charge in [-0.25, -0.2) is 0 Å². The molecule has 1 amide bonds. The standard InChI is InChI=1S/C16H25N3O3.ClH/c1-21-14-6-3-5-13(15(14)22-2)16(20)18-7-4-10-19-11-8-17-9-12-19;/h3,5-6,17H,4,7-12H2,1-2H3,(H,18,20);1H. The van der Waals surface area contributed by atoms with E-state index in [0.29, 0.717) is 23.6 Å². The van der Waals surface area contributed by atoms with Gasteiger partial charge < -0.3 is 25.0 Å². The first-order valence-electron chi connectivity index (χ1n) is 7.68. The molecule has 0 atom stereocenters. The minimum absolute atomic E-state index is 0. The van der Waals surface area contributed by atoms with Gasteiger partial charge in [-0.1, -0.05) is 6.07 Å². The molecule has 1 aromatic rings. The van der Waals surface area contributed by atoms with Crippen molar-refractivity contribution >= 4 is 18.3 Å². The van der Waals surface area contributed by atoms with Crippen LogP contribution in [0.1, 0.15) is 16.8 Å². The maximum atomic E-state index is 12.3. The van der Waals surface area contributed by atoms with E-state index in [4.69, 9.17) is 9.47 Å². The fraction of sp³-hybridized carbons (Fsp3) is 0.562. The van der Waals surface area contributed by atoms with Crippen molar-refractivity contribution in [1.82, 2.24) is 15.5 Å². The highest BCUT2D eigenvalue weighted by Gasteiger charge is 2.16. The number of hydrogen-bond donors (Lipinski definition) is 2. The third-order valence-electron chi connectivity index (χ3n) is 3.79. The van der Waals surface area contributed by atoms with Crippen LogP contribution in [0.5, 0.6) is 11.5 Å². The van der Waals surface area contributed by atoms with Crippen molar-refractivity contribution in [2.75, 3.05) is 53.5 Å². The van der Waals surface area contributed by atoms with Crippen LogP contribution in [0, 0.1) is 0 Å². The normalized spacial score (nSPS) is 14.7. The first-order valence-corrected chi connectivity index (χ1v) is 7.68. The average Bonchev–Trinajstić information content (AvgIpc) is 2.58. The van der Waals surface area contributed by atoms with Crippen LogP contribution in [0.4, 0.5) is 0 Å². The first-order chi connectivity index (χ1) is 10.8. The molecule has 0 saturated carbocycles. The van der Waals surface area contributed by atoms with Crippen LogP contribution in [-0.4, -0.2) is 64.3 Å². The number of carbonyl (C=O) groups is 1. The highest BCUT2D eigenvalue weighted by atomic mass is 35.5. The Morgan fingerprint density at radius 3 is 2.65 bits per heavy atom. The molecule has 0 radical (unpaired) electrons. The predicted molar refractivity (Wildman–Crippen MR) is 93.1 cm³/mol. The number of ether oxygens (including phenoxy) is 2. The van der Waals surface area contributed by atoms with Crippen molar-refractivity contribution < 1.29 is 14.3 Å². The molecule has 1 heterocycles. The van der Waals surface area contributed by atoms with E-state index >= 15 is 0 Å². The highest BCUT2D eigenvalue weighted by molar-refractivity contribution is 5.97. The number of benzene rings is 1. The molecule has 1 saturated heterocycles. The third kappa shape index (κ3) is 5.57. The van der Waals surface area contributed by atoms with E-state index < -0.39 is 0 Å². The summed E-state index contributed by atoms with van der Waals surface area (Å²) in [5.41, 5.74) is 0.504. The maximum absolute atomic E-state index is 12.3. The average molecular weight is 344 g/mol. The van der Waals surface area contributed by atoms with Gasteiger partial charge in [-0.05, 0) is 25.1 Å². The number of carbonyl (C=O) groups excluding carboxylic acids is 1. The number of hydrogen-bond acceptors (Lipinski definition) is 5. The number of halogens is 1. The summed E-state index contributed by atoms with van der Waals surface area (Å²) >= 11 is 0. The molecule has 1 fully saturated rings. The Labute approximate surface area is 143 Å². The lowest BCUT2D eigenvalue weighted by molar-refractivity contribution is 0.0947. The SMILES string of the molecule is COc1cccc(C(=O)NCCCN2CCNCC2)c1OC.Cl. The molecule has 1 aliphatic heterocycles. The first kappa shape index (κ1) is 19.5. The van der Waals surface area contributed by atoms with Gasteiger partial charge in [0.05, 0.1) is 19.8 Å². The molecule has 0 aliphatic carbocycles. The van der Waals surface area contributed by atoms with Gasteiger partial charge in [0.2, 0.25) is 0 Å². The third-order valence-corrected chi connectivity index (χ3v) is 3.79. The Hall–Kier alpha value is -1.50. The quantitative estimate of drug-likeness (QED) is 0.727. The molecule has 2 N–H and O–H groups in total. The Balaban J connectivity index is 0.00000264. The van der Waals surface area contributed by atoms with Crippen LogP contribution < -0.4 is 20.1 Å². The molecular formula is C16H26ClN3O3. The fourth-order valence-electron chi connectivity index (χ4n) is 2.60. The zero-order valence-corrected chi connectivity index (χ0v) is 14.6. The highest BCUT2D eigenvalue weighted by Crippen LogP contribution is 2.30. The lowest BCUT2D eigenvalue weighted by Gasteiger charge is -2.27. The molecular weight excluding hydrogens is 318 g/mol. The number of rotatable bonds is 7. The van der Waals surface area contributed by atoms with E-state index in [1.165, 1.54) is 0 Å². The van der Waals surface area contributed by atoms with Crippen molar-refractivity contribution in [1.29, 1.82) is 0 Å². The van der Waals surface area contributed by atoms with E-state index in [9.17, 15) is 4.79 Å². The Morgan fingerprint density at radius 2 is 2.00 bits per heavy atom.